The normalized spacial score (nSPS) is 13.2. The highest BCUT2D eigenvalue weighted by atomic mass is 31.1. The fraction of sp³-hybridized carbons (Fsp3) is 0.409. The number of nitrogens with zero attached hydrogens (tertiary/aromatic N) is 1. The molecule has 134 valence electrons. The highest BCUT2D eigenvalue weighted by Crippen LogP contribution is 2.32. The molecule has 0 aliphatic heterocycles. The van der Waals surface area contributed by atoms with Gasteiger partial charge in [-0.15, -0.1) is 0 Å². The summed E-state index contributed by atoms with van der Waals surface area (Å²) in [6.45, 7) is 14.8. The summed E-state index contributed by atoms with van der Waals surface area (Å²) < 4.78 is 0. The molecule has 0 aromatic heterocycles. The van der Waals surface area contributed by atoms with Crippen LogP contribution in [0.15, 0.2) is 41.4 Å². The van der Waals surface area contributed by atoms with Gasteiger partial charge in [0, 0.05) is 17.1 Å². The molecule has 25 heavy (non-hydrogen) atoms. The Morgan fingerprint density at radius 1 is 0.960 bits per heavy atom. The Kier molecular flexibility index (Phi) is 5.74. The van der Waals surface area contributed by atoms with Crippen molar-refractivity contribution in [1.29, 1.82) is 0 Å². The first-order chi connectivity index (χ1) is 11.5. The maximum atomic E-state index is 10.8. The summed E-state index contributed by atoms with van der Waals surface area (Å²) >= 11 is 0. The minimum Gasteiger partial charge on any atom is -0.507 e. The summed E-state index contributed by atoms with van der Waals surface area (Å²) in [4.78, 5) is 4.67. The quantitative estimate of drug-likeness (QED) is 0.620. The van der Waals surface area contributed by atoms with Crippen molar-refractivity contribution in [3.8, 4) is 5.75 Å². The lowest BCUT2D eigenvalue weighted by molar-refractivity contribution is 0.451. The predicted molar refractivity (Wildman–Crippen MR) is 113 cm³/mol. The van der Waals surface area contributed by atoms with Crippen LogP contribution in [-0.4, -0.2) is 16.9 Å². The van der Waals surface area contributed by atoms with E-state index in [1.54, 1.807) is 0 Å². The van der Waals surface area contributed by atoms with Gasteiger partial charge in [0.15, 0.2) is 0 Å². The van der Waals surface area contributed by atoms with Crippen molar-refractivity contribution in [3.63, 3.8) is 0 Å². The van der Waals surface area contributed by atoms with Gasteiger partial charge in [0.05, 0.1) is 5.54 Å². The SMILES string of the molecule is Cc1cccc(C=NC(C)(C)C)c1Pc1cccc(C(C)(C)C)c1O. The van der Waals surface area contributed by atoms with Crippen molar-refractivity contribution in [2.45, 2.75) is 59.4 Å². The third-order valence-electron chi connectivity index (χ3n) is 4.00. The van der Waals surface area contributed by atoms with Crippen molar-refractivity contribution < 1.29 is 5.11 Å². The molecule has 2 rings (SSSR count). The number of aryl methyl sites for hydroxylation is 1. The molecule has 1 unspecified atom stereocenters. The van der Waals surface area contributed by atoms with E-state index in [2.05, 4.69) is 71.7 Å². The summed E-state index contributed by atoms with van der Waals surface area (Å²) in [5.74, 6) is 0.426. The molecular formula is C22H30NOP. The number of hydrogen-bond acceptors (Lipinski definition) is 2. The lowest BCUT2D eigenvalue weighted by atomic mass is 9.86. The van der Waals surface area contributed by atoms with E-state index in [4.69, 9.17) is 0 Å². The summed E-state index contributed by atoms with van der Waals surface area (Å²) in [6.07, 6.45) is 1.97. The van der Waals surface area contributed by atoms with Gasteiger partial charge in [0.2, 0.25) is 0 Å². The van der Waals surface area contributed by atoms with E-state index < -0.39 is 0 Å². The molecule has 0 radical (unpaired) electrons. The molecule has 0 heterocycles. The molecule has 0 aliphatic carbocycles. The van der Waals surface area contributed by atoms with Crippen LogP contribution in [0.2, 0.25) is 0 Å². The van der Waals surface area contributed by atoms with Crippen LogP contribution in [-0.2, 0) is 5.41 Å². The highest BCUT2D eigenvalue weighted by Gasteiger charge is 2.20. The minimum atomic E-state index is -0.0988. The largest absolute Gasteiger partial charge is 0.507 e. The number of phenols is 1. The van der Waals surface area contributed by atoms with Gasteiger partial charge in [0.1, 0.15) is 5.75 Å². The molecule has 0 fully saturated rings. The molecule has 1 atom stereocenters. The second-order valence-electron chi connectivity index (χ2n) is 8.54. The highest BCUT2D eigenvalue weighted by molar-refractivity contribution is 7.56. The number of phenolic OH excluding ortho intramolecular Hbond substituents is 1. The van der Waals surface area contributed by atoms with E-state index in [1.807, 2.05) is 24.4 Å². The van der Waals surface area contributed by atoms with Gasteiger partial charge in [-0.3, -0.25) is 4.99 Å². The molecule has 3 heteroatoms. The molecule has 0 spiro atoms. The van der Waals surface area contributed by atoms with Crippen LogP contribution in [0.4, 0.5) is 0 Å². The van der Waals surface area contributed by atoms with Crippen LogP contribution in [0.1, 0.15) is 58.2 Å². The van der Waals surface area contributed by atoms with E-state index in [0.29, 0.717) is 14.3 Å². The lowest BCUT2D eigenvalue weighted by Gasteiger charge is -2.22. The second-order valence-corrected chi connectivity index (χ2v) is 9.83. The van der Waals surface area contributed by atoms with Gasteiger partial charge in [-0.25, -0.2) is 0 Å². The monoisotopic (exact) mass is 355 g/mol. The molecule has 0 amide bonds. The van der Waals surface area contributed by atoms with Gasteiger partial charge < -0.3 is 5.11 Å². The molecule has 0 saturated heterocycles. The fourth-order valence-corrected chi connectivity index (χ4v) is 3.89. The predicted octanol–water partition coefficient (Wildman–Crippen LogP) is 4.84. The molecule has 2 aromatic carbocycles. The zero-order valence-corrected chi connectivity index (χ0v) is 17.4. The van der Waals surface area contributed by atoms with Gasteiger partial charge in [-0.2, -0.15) is 0 Å². The first kappa shape index (κ1) is 19.7. The Bertz CT molecular complexity index is 780. The van der Waals surface area contributed by atoms with Crippen LogP contribution >= 0.6 is 8.58 Å². The smallest absolute Gasteiger partial charge is 0.127 e. The molecular weight excluding hydrogens is 325 g/mol. The number of hydrogen-bond donors (Lipinski definition) is 1. The van der Waals surface area contributed by atoms with E-state index >= 15 is 0 Å². The zero-order chi connectivity index (χ0) is 18.8. The Labute approximate surface area is 154 Å². The Morgan fingerprint density at radius 2 is 1.60 bits per heavy atom. The van der Waals surface area contributed by atoms with Crippen molar-refractivity contribution in [2.75, 3.05) is 0 Å². The van der Waals surface area contributed by atoms with E-state index in [9.17, 15) is 5.11 Å². The van der Waals surface area contributed by atoms with E-state index in [1.165, 1.54) is 10.9 Å². The van der Waals surface area contributed by atoms with Crippen LogP contribution in [0.25, 0.3) is 0 Å². The number of para-hydroxylation sites is 1. The number of benzene rings is 2. The van der Waals surface area contributed by atoms with Gasteiger partial charge in [0.25, 0.3) is 0 Å². The summed E-state index contributed by atoms with van der Waals surface area (Å²) in [5.41, 5.74) is 3.19. The summed E-state index contributed by atoms with van der Waals surface area (Å²) in [6, 6.07) is 12.4. The first-order valence-electron chi connectivity index (χ1n) is 8.73. The van der Waals surface area contributed by atoms with Crippen molar-refractivity contribution in [3.05, 3.63) is 53.1 Å². The minimum absolute atomic E-state index is 0.0766. The van der Waals surface area contributed by atoms with E-state index in [0.717, 1.165) is 16.4 Å². The van der Waals surface area contributed by atoms with Gasteiger partial charge >= 0.3 is 0 Å². The molecule has 2 aromatic rings. The third kappa shape index (κ3) is 5.16. The third-order valence-corrected chi connectivity index (χ3v) is 5.61. The van der Waals surface area contributed by atoms with Crippen LogP contribution in [0, 0.1) is 6.92 Å². The summed E-state index contributed by atoms with van der Waals surface area (Å²) in [5, 5.41) is 13.0. The molecule has 0 saturated carbocycles. The van der Waals surface area contributed by atoms with Gasteiger partial charge in [-0.05, 0) is 49.5 Å². The molecule has 0 aliphatic rings. The first-order valence-corrected chi connectivity index (χ1v) is 9.73. The number of aromatic hydroxyl groups is 1. The van der Waals surface area contributed by atoms with Crippen molar-refractivity contribution in [1.82, 2.24) is 0 Å². The number of aliphatic imine (C=N–C) groups is 1. The molecule has 0 bridgehead atoms. The van der Waals surface area contributed by atoms with Gasteiger partial charge in [-0.1, -0.05) is 65.8 Å². The average Bonchev–Trinajstić information content (AvgIpc) is 2.47. The van der Waals surface area contributed by atoms with Crippen molar-refractivity contribution in [2.24, 2.45) is 4.99 Å². The lowest BCUT2D eigenvalue weighted by Crippen LogP contribution is -2.18. The zero-order valence-electron chi connectivity index (χ0n) is 16.4. The Hall–Kier alpha value is -1.66. The molecule has 1 N–H and O–H groups in total. The molecule has 2 nitrogen and oxygen atoms in total. The topological polar surface area (TPSA) is 32.6 Å². The fourth-order valence-electron chi connectivity index (χ4n) is 2.62. The maximum Gasteiger partial charge on any atom is 0.127 e. The standard InChI is InChI=1S/C22H30NOP/c1-15-10-8-11-16(14-23-22(5,6)7)20(15)25-18-13-9-12-17(19(18)24)21(2,3)4/h8-14,24-25H,1-7H3. The Balaban J connectivity index is 2.47. The van der Waals surface area contributed by atoms with Crippen molar-refractivity contribution >= 4 is 25.4 Å². The average molecular weight is 355 g/mol. The van der Waals surface area contributed by atoms with Crippen LogP contribution in [0.5, 0.6) is 5.75 Å². The maximum absolute atomic E-state index is 10.8. The Morgan fingerprint density at radius 3 is 2.20 bits per heavy atom. The van der Waals surface area contributed by atoms with Crippen LogP contribution < -0.4 is 10.6 Å². The van der Waals surface area contributed by atoms with Crippen LogP contribution in [0.3, 0.4) is 0 Å². The number of rotatable bonds is 3. The summed E-state index contributed by atoms with van der Waals surface area (Å²) in [7, 11) is 0.401. The van der Waals surface area contributed by atoms with E-state index in [-0.39, 0.29) is 11.0 Å². The second kappa shape index (κ2) is 7.30.